The van der Waals surface area contributed by atoms with Crippen molar-refractivity contribution in [3.8, 4) is 11.4 Å². The van der Waals surface area contributed by atoms with Gasteiger partial charge in [0.05, 0.1) is 17.9 Å². The molecule has 0 aliphatic carbocycles. The molecule has 4 N–H and O–H groups in total. The zero-order valence-corrected chi connectivity index (χ0v) is 21.6. The molecule has 0 bridgehead atoms. The van der Waals surface area contributed by atoms with Crippen LogP contribution in [0.5, 0.6) is 0 Å². The molecule has 0 spiro atoms. The fourth-order valence-corrected chi connectivity index (χ4v) is 4.10. The number of rotatable bonds is 9. The molecular weight excluding hydrogens is 515 g/mol. The second kappa shape index (κ2) is 11.2. The van der Waals surface area contributed by atoms with E-state index in [4.69, 9.17) is 0 Å². The monoisotopic (exact) mass is 540 g/mol. The van der Waals surface area contributed by atoms with Gasteiger partial charge in [0.2, 0.25) is 11.9 Å². The normalized spacial score (nSPS) is 11.7. The summed E-state index contributed by atoms with van der Waals surface area (Å²) >= 11 is 0. The van der Waals surface area contributed by atoms with E-state index in [1.54, 1.807) is 49.9 Å². The van der Waals surface area contributed by atoms with Gasteiger partial charge in [0, 0.05) is 47.8 Å². The Morgan fingerprint density at radius 3 is 2.50 bits per heavy atom. The number of aromatic amines is 1. The molecule has 202 valence electrons. The summed E-state index contributed by atoms with van der Waals surface area (Å²) in [6.45, 7) is 1.62. The van der Waals surface area contributed by atoms with Gasteiger partial charge in [-0.15, -0.1) is 0 Å². The van der Waals surface area contributed by atoms with E-state index in [1.165, 1.54) is 29.2 Å². The van der Waals surface area contributed by atoms with E-state index >= 15 is 0 Å². The van der Waals surface area contributed by atoms with Gasteiger partial charge in [-0.3, -0.25) is 4.79 Å². The van der Waals surface area contributed by atoms with Gasteiger partial charge in [0.1, 0.15) is 11.9 Å². The summed E-state index contributed by atoms with van der Waals surface area (Å²) in [7, 11) is 1.73. The van der Waals surface area contributed by atoms with E-state index in [9.17, 15) is 19.1 Å². The number of anilines is 3. The number of aromatic nitrogens is 5. The highest BCUT2D eigenvalue weighted by Gasteiger charge is 2.26. The zero-order valence-electron chi connectivity index (χ0n) is 21.6. The van der Waals surface area contributed by atoms with Gasteiger partial charge in [-0.1, -0.05) is 0 Å². The number of benzene rings is 2. The van der Waals surface area contributed by atoms with Crippen molar-refractivity contribution in [3.63, 3.8) is 0 Å². The minimum absolute atomic E-state index is 0.201. The molecule has 1 atom stereocenters. The highest BCUT2D eigenvalue weighted by Crippen LogP contribution is 2.25. The Bertz CT molecular complexity index is 1630. The first-order valence-electron chi connectivity index (χ1n) is 12.3. The molecule has 0 aliphatic rings. The van der Waals surface area contributed by atoms with Crippen LogP contribution < -0.4 is 15.5 Å². The van der Waals surface area contributed by atoms with Crippen molar-refractivity contribution in [2.45, 2.75) is 13.0 Å². The lowest BCUT2D eigenvalue weighted by molar-refractivity contribution is -0.138. The Kier molecular flexibility index (Phi) is 7.31. The molecule has 0 radical (unpaired) electrons. The van der Waals surface area contributed by atoms with Gasteiger partial charge in [0.25, 0.3) is 5.91 Å². The molecule has 0 saturated heterocycles. The summed E-state index contributed by atoms with van der Waals surface area (Å²) in [6.07, 6.45) is 4.82. The Balaban J connectivity index is 1.39. The summed E-state index contributed by atoms with van der Waals surface area (Å²) in [5.74, 6) is -1.57. The van der Waals surface area contributed by atoms with E-state index < -0.39 is 23.7 Å². The standard InChI is InChI=1S/C28H25FN8O3/c1-16-13-32-28(33-14-16)37(20-6-4-19(29)5-7-20)15-24(26(39)40)35-25(38)17-3-8-21-18(11-17)12-23(34-21)22-9-10-31-27(30-2)36-22/h3-14,24,34H,15H2,1-2H3,(H,35,38)(H,39,40)(H,30,31,36). The number of carbonyl (C=O) groups excluding carboxylic acids is 1. The molecule has 2 aromatic carbocycles. The average molecular weight is 541 g/mol. The van der Waals surface area contributed by atoms with Crippen LogP contribution in [0.15, 0.2) is 73.2 Å². The number of hydrogen-bond acceptors (Lipinski definition) is 8. The molecule has 12 heteroatoms. The lowest BCUT2D eigenvalue weighted by Crippen LogP contribution is -2.48. The van der Waals surface area contributed by atoms with Gasteiger partial charge in [0.15, 0.2) is 0 Å². The van der Waals surface area contributed by atoms with Crippen molar-refractivity contribution in [2.24, 2.45) is 0 Å². The molecule has 1 unspecified atom stereocenters. The predicted molar refractivity (Wildman–Crippen MR) is 148 cm³/mol. The number of nitrogens with one attached hydrogen (secondary N) is 3. The zero-order chi connectivity index (χ0) is 28.2. The van der Waals surface area contributed by atoms with Crippen LogP contribution in [0.2, 0.25) is 0 Å². The highest BCUT2D eigenvalue weighted by molar-refractivity contribution is 6.00. The van der Waals surface area contributed by atoms with Crippen molar-refractivity contribution >= 4 is 40.4 Å². The summed E-state index contributed by atoms with van der Waals surface area (Å²) in [6, 6.07) is 12.8. The highest BCUT2D eigenvalue weighted by atomic mass is 19.1. The third-order valence-corrected chi connectivity index (χ3v) is 6.15. The van der Waals surface area contributed by atoms with Crippen LogP contribution in [-0.4, -0.2) is 61.5 Å². The number of carboxylic acids is 1. The Morgan fingerprint density at radius 1 is 1.05 bits per heavy atom. The number of hydrogen-bond donors (Lipinski definition) is 4. The van der Waals surface area contributed by atoms with Crippen LogP contribution in [0.4, 0.5) is 22.0 Å². The molecule has 5 aromatic rings. The minimum Gasteiger partial charge on any atom is -0.480 e. The molecule has 3 heterocycles. The lowest BCUT2D eigenvalue weighted by Gasteiger charge is -2.26. The summed E-state index contributed by atoms with van der Waals surface area (Å²) in [5, 5.41) is 16.2. The van der Waals surface area contributed by atoms with Crippen LogP contribution in [0, 0.1) is 12.7 Å². The second-order valence-corrected chi connectivity index (χ2v) is 9.01. The Hall–Kier alpha value is -5.39. The summed E-state index contributed by atoms with van der Waals surface area (Å²) in [5.41, 5.74) is 3.76. The van der Waals surface area contributed by atoms with E-state index in [1.807, 2.05) is 13.0 Å². The molecular formula is C28H25FN8O3. The fraction of sp³-hybridized carbons (Fsp3) is 0.143. The van der Waals surface area contributed by atoms with E-state index in [2.05, 4.69) is 35.6 Å². The number of carbonyl (C=O) groups is 2. The number of aliphatic carboxylic acids is 1. The van der Waals surface area contributed by atoms with Crippen molar-refractivity contribution in [3.05, 3.63) is 90.1 Å². The molecule has 40 heavy (non-hydrogen) atoms. The number of amides is 1. The van der Waals surface area contributed by atoms with Crippen LogP contribution >= 0.6 is 0 Å². The molecule has 3 aromatic heterocycles. The minimum atomic E-state index is -1.33. The number of nitrogens with zero attached hydrogens (tertiary/aromatic N) is 5. The molecule has 11 nitrogen and oxygen atoms in total. The van der Waals surface area contributed by atoms with Crippen LogP contribution in [0.3, 0.4) is 0 Å². The molecule has 0 saturated carbocycles. The lowest BCUT2D eigenvalue weighted by atomic mass is 10.1. The number of H-pyrrole nitrogens is 1. The first-order valence-corrected chi connectivity index (χ1v) is 12.3. The van der Waals surface area contributed by atoms with E-state index in [0.717, 1.165) is 22.2 Å². The Labute approximate surface area is 228 Å². The maximum atomic E-state index is 13.6. The van der Waals surface area contributed by atoms with E-state index in [0.29, 0.717) is 17.3 Å². The van der Waals surface area contributed by atoms with Gasteiger partial charge in [-0.05, 0) is 67.1 Å². The first-order chi connectivity index (χ1) is 19.3. The van der Waals surface area contributed by atoms with Crippen LogP contribution in [0.25, 0.3) is 22.3 Å². The number of carboxylic acid groups (broad SMARTS) is 1. The summed E-state index contributed by atoms with van der Waals surface area (Å²) < 4.78 is 13.6. The third kappa shape index (κ3) is 5.70. The predicted octanol–water partition coefficient (Wildman–Crippen LogP) is 3.93. The second-order valence-electron chi connectivity index (χ2n) is 9.01. The quantitative estimate of drug-likeness (QED) is 0.218. The smallest absolute Gasteiger partial charge is 0.328 e. The van der Waals surface area contributed by atoms with Gasteiger partial charge < -0.3 is 25.6 Å². The van der Waals surface area contributed by atoms with E-state index in [-0.39, 0.29) is 18.1 Å². The maximum absolute atomic E-state index is 13.6. The van der Waals surface area contributed by atoms with Crippen molar-refractivity contribution in [1.29, 1.82) is 0 Å². The largest absolute Gasteiger partial charge is 0.480 e. The number of aryl methyl sites for hydroxylation is 1. The maximum Gasteiger partial charge on any atom is 0.328 e. The van der Waals surface area contributed by atoms with Crippen LogP contribution in [-0.2, 0) is 4.79 Å². The SMILES string of the molecule is CNc1nccc(-c2cc3cc(C(=O)NC(CN(c4ccc(F)cc4)c4ncc(C)cn4)C(=O)O)ccc3[nH]2)n1. The first kappa shape index (κ1) is 26.2. The molecule has 0 fully saturated rings. The van der Waals surface area contributed by atoms with Crippen molar-refractivity contribution in [1.82, 2.24) is 30.2 Å². The van der Waals surface area contributed by atoms with Gasteiger partial charge in [-0.25, -0.2) is 29.1 Å². The molecule has 1 amide bonds. The fourth-order valence-electron chi connectivity index (χ4n) is 4.10. The van der Waals surface area contributed by atoms with Gasteiger partial charge >= 0.3 is 5.97 Å². The average Bonchev–Trinajstić information content (AvgIpc) is 3.40. The summed E-state index contributed by atoms with van der Waals surface area (Å²) in [4.78, 5) is 47.4. The van der Waals surface area contributed by atoms with Gasteiger partial charge in [-0.2, -0.15) is 0 Å². The Morgan fingerprint density at radius 2 is 1.80 bits per heavy atom. The molecule has 5 rings (SSSR count). The van der Waals surface area contributed by atoms with Crippen molar-refractivity contribution in [2.75, 3.05) is 23.8 Å². The number of fused-ring (bicyclic) bond motifs is 1. The van der Waals surface area contributed by atoms with Crippen LogP contribution in [0.1, 0.15) is 15.9 Å². The molecule has 0 aliphatic heterocycles. The van der Waals surface area contributed by atoms with Crippen molar-refractivity contribution < 1.29 is 19.1 Å². The third-order valence-electron chi connectivity index (χ3n) is 6.15. The number of halogens is 1. The topological polar surface area (TPSA) is 149 Å².